The number of amides is 1. The van der Waals surface area contributed by atoms with E-state index in [0.29, 0.717) is 0 Å². The van der Waals surface area contributed by atoms with Crippen molar-refractivity contribution in [3.05, 3.63) is 0 Å². The minimum absolute atomic E-state index is 0.886. The summed E-state index contributed by atoms with van der Waals surface area (Å²) >= 11 is 0. The van der Waals surface area contributed by atoms with Gasteiger partial charge in [0, 0.05) is 0 Å². The number of hydroxylamine groups is 1. The Labute approximate surface area is 101 Å². The molecule has 12 nitrogen and oxygen atoms in total. The van der Waals surface area contributed by atoms with Crippen molar-refractivity contribution >= 4 is 13.7 Å². The van der Waals surface area contributed by atoms with E-state index in [1.165, 1.54) is 0 Å². The van der Waals surface area contributed by atoms with Crippen molar-refractivity contribution in [2.45, 2.75) is 18.3 Å². The van der Waals surface area contributed by atoms with Gasteiger partial charge >= 0.3 is 7.82 Å². The number of phosphoric acid groups is 1. The third-order valence-electron chi connectivity index (χ3n) is 1.76. The predicted molar refractivity (Wildman–Crippen MR) is 52.1 cm³/mol. The molecule has 0 saturated heterocycles. The van der Waals surface area contributed by atoms with Gasteiger partial charge in [-0.05, 0) is 0 Å². The number of hydrogen-bond acceptors (Lipinski definition) is 11. The van der Waals surface area contributed by atoms with Crippen LogP contribution in [0.15, 0.2) is 0 Å². The summed E-state index contributed by atoms with van der Waals surface area (Å²) in [7, 11) is -4.28. The Balaban J connectivity index is 4.37. The van der Waals surface area contributed by atoms with E-state index < -0.39 is 38.6 Å². The first-order valence-corrected chi connectivity index (χ1v) is 5.77. The van der Waals surface area contributed by atoms with Gasteiger partial charge in [-0.3, -0.25) is 14.5 Å². The summed E-state index contributed by atoms with van der Waals surface area (Å²) in [6, 6.07) is 0. The molecule has 108 valence electrons. The maximum absolute atomic E-state index is 11.1. The Kier molecular flexibility index (Phi) is 7.42. The molecule has 9 N–H and O–H groups in total. The highest BCUT2D eigenvalue weighted by Crippen LogP contribution is 2.45. The molecular weight excluding hydrogens is 277 g/mol. The van der Waals surface area contributed by atoms with Crippen molar-refractivity contribution in [3.8, 4) is 0 Å². The number of nitrogens with one attached hydrogen (secondary N) is 1. The van der Waals surface area contributed by atoms with Crippen LogP contribution in [-0.4, -0.2) is 51.4 Å². The second kappa shape index (κ2) is 7.70. The first-order chi connectivity index (χ1) is 8.31. The molecule has 0 heterocycles. The van der Waals surface area contributed by atoms with Crippen LogP contribution < -0.4 is 17.3 Å². The van der Waals surface area contributed by atoms with Gasteiger partial charge in [0.25, 0.3) is 5.91 Å². The third-order valence-corrected chi connectivity index (χ3v) is 2.74. The average molecular weight is 291 g/mol. The lowest BCUT2D eigenvalue weighted by Gasteiger charge is -2.22. The van der Waals surface area contributed by atoms with Crippen molar-refractivity contribution in [2.75, 3.05) is 6.61 Å². The van der Waals surface area contributed by atoms with E-state index in [1.54, 1.807) is 0 Å². The second-order valence-electron chi connectivity index (χ2n) is 2.93. The van der Waals surface area contributed by atoms with Crippen LogP contribution in [0.25, 0.3) is 0 Å². The molecule has 0 spiro atoms. The van der Waals surface area contributed by atoms with E-state index in [9.17, 15) is 19.6 Å². The molecule has 0 aromatic carbocycles. The topological polar surface area (TPSA) is 207 Å². The Morgan fingerprint density at radius 3 is 2.17 bits per heavy atom. The number of aliphatic hydroxyl groups is 3. The summed E-state index contributed by atoms with van der Waals surface area (Å²) in [5.41, 5.74) is 1.05. The van der Waals surface area contributed by atoms with Gasteiger partial charge < -0.3 is 15.3 Å². The highest BCUT2D eigenvalue weighted by atomic mass is 31.2. The zero-order valence-electron chi connectivity index (χ0n) is 8.87. The van der Waals surface area contributed by atoms with Gasteiger partial charge in [0.05, 0.1) is 6.61 Å². The molecule has 13 heteroatoms. The smallest absolute Gasteiger partial charge is 0.388 e. The van der Waals surface area contributed by atoms with E-state index in [4.69, 9.17) is 10.3 Å². The summed E-state index contributed by atoms with van der Waals surface area (Å²) in [5.74, 6) is 7.69. The van der Waals surface area contributed by atoms with Crippen LogP contribution in [0.2, 0.25) is 0 Å². The predicted octanol–water partition coefficient (Wildman–Crippen LogP) is -3.52. The van der Waals surface area contributed by atoms with Crippen LogP contribution in [0.3, 0.4) is 0 Å². The van der Waals surface area contributed by atoms with Crippen molar-refractivity contribution < 1.29 is 43.7 Å². The number of aliphatic hydroxyl groups excluding tert-OH is 3. The molecule has 3 atom stereocenters. The third kappa shape index (κ3) is 4.91. The van der Waals surface area contributed by atoms with Gasteiger partial charge in [-0.25, -0.2) is 21.8 Å². The molecule has 0 aliphatic rings. The van der Waals surface area contributed by atoms with E-state index >= 15 is 0 Å². The van der Waals surface area contributed by atoms with Crippen LogP contribution >= 0.6 is 7.82 Å². The standard InChI is InChI=1S/C5H14N3O9P/c6-16-18(14,17-7)15-1-2(9)3(10)4(11)5(12)8-13/h2-4,9-11,13H,1,6-7H2,(H,8,12)/t2-,3-,4-/m1/s1. The lowest BCUT2D eigenvalue weighted by atomic mass is 10.1. The number of nitrogens with two attached hydrogens (primary N) is 2. The van der Waals surface area contributed by atoms with Gasteiger partial charge in [-0.15, -0.1) is 0 Å². The lowest BCUT2D eigenvalue weighted by Crippen LogP contribution is -2.47. The van der Waals surface area contributed by atoms with Crippen molar-refractivity contribution in [1.82, 2.24) is 5.48 Å². The molecule has 1 amide bonds. The molecule has 0 unspecified atom stereocenters. The largest absolute Gasteiger partial charge is 0.507 e. The van der Waals surface area contributed by atoms with E-state index in [0.717, 1.165) is 5.48 Å². The lowest BCUT2D eigenvalue weighted by molar-refractivity contribution is -0.150. The highest BCUT2D eigenvalue weighted by molar-refractivity contribution is 7.48. The first kappa shape index (κ1) is 17.3. The number of hydrogen-bond donors (Lipinski definition) is 7. The normalized spacial score (nSPS) is 17.0. The van der Waals surface area contributed by atoms with E-state index in [2.05, 4.69) is 25.6 Å². The maximum atomic E-state index is 11.1. The minimum atomic E-state index is -4.28. The zero-order chi connectivity index (χ0) is 14.3. The number of carbonyl (C=O) groups excluding carboxylic acids is 1. The number of rotatable bonds is 8. The molecule has 0 radical (unpaired) electrons. The molecule has 18 heavy (non-hydrogen) atoms. The summed E-state index contributed by atoms with van der Waals surface area (Å²) in [5, 5.41) is 35.8. The fourth-order valence-electron chi connectivity index (χ4n) is 0.784. The molecule has 0 aliphatic heterocycles. The van der Waals surface area contributed by atoms with Crippen LogP contribution in [0.1, 0.15) is 0 Å². The number of carbonyl (C=O) groups is 1. The fraction of sp³-hybridized carbons (Fsp3) is 0.800. The summed E-state index contributed by atoms with van der Waals surface area (Å²) in [6.45, 7) is -0.886. The van der Waals surface area contributed by atoms with Crippen molar-refractivity contribution in [3.63, 3.8) is 0 Å². The monoisotopic (exact) mass is 291 g/mol. The summed E-state index contributed by atoms with van der Waals surface area (Å²) in [4.78, 5) is 10.7. The SMILES string of the molecule is NOP(=O)(ON)OC[C@@H](O)[C@@H](O)[C@@H](O)C(=O)NO. The Bertz CT molecular complexity index is 307. The van der Waals surface area contributed by atoms with E-state index in [-0.39, 0.29) is 0 Å². The minimum Gasteiger partial charge on any atom is -0.388 e. The molecule has 0 saturated carbocycles. The van der Waals surface area contributed by atoms with Crippen LogP contribution in [0.5, 0.6) is 0 Å². The van der Waals surface area contributed by atoms with Gasteiger partial charge in [-0.1, -0.05) is 0 Å². The molecule has 0 aromatic heterocycles. The van der Waals surface area contributed by atoms with Crippen molar-refractivity contribution in [1.29, 1.82) is 0 Å². The zero-order valence-corrected chi connectivity index (χ0v) is 9.77. The highest BCUT2D eigenvalue weighted by Gasteiger charge is 2.33. The Morgan fingerprint density at radius 2 is 1.78 bits per heavy atom. The first-order valence-electron chi connectivity index (χ1n) is 4.31. The van der Waals surface area contributed by atoms with Crippen LogP contribution in [0, 0.1) is 0 Å². The molecule has 0 fully saturated rings. The average Bonchev–Trinajstić information content (AvgIpc) is 2.41. The molecule has 0 aliphatic carbocycles. The van der Waals surface area contributed by atoms with Crippen LogP contribution in [0.4, 0.5) is 0 Å². The molecule has 0 rings (SSSR count). The van der Waals surface area contributed by atoms with Crippen molar-refractivity contribution in [2.24, 2.45) is 11.8 Å². The Hall–Kier alpha value is -0.660. The fourth-order valence-corrected chi connectivity index (χ4v) is 1.29. The molecular formula is C5H14N3O9P. The summed E-state index contributed by atoms with van der Waals surface area (Å²) in [6.07, 6.45) is -6.05. The molecule has 0 bridgehead atoms. The molecule has 0 aromatic rings. The quantitative estimate of drug-likeness (QED) is 0.132. The van der Waals surface area contributed by atoms with E-state index in [1.807, 2.05) is 0 Å². The second-order valence-corrected chi connectivity index (χ2v) is 4.51. The van der Waals surface area contributed by atoms with Crippen LogP contribution in [-0.2, 0) is 23.1 Å². The van der Waals surface area contributed by atoms with Gasteiger partial charge in [0.15, 0.2) is 6.10 Å². The van der Waals surface area contributed by atoms with Gasteiger partial charge in [-0.2, -0.15) is 9.25 Å². The maximum Gasteiger partial charge on any atom is 0.507 e. The Morgan fingerprint density at radius 1 is 1.28 bits per heavy atom. The summed E-state index contributed by atoms with van der Waals surface area (Å²) < 4.78 is 23.0. The van der Waals surface area contributed by atoms with Gasteiger partial charge in [0.1, 0.15) is 12.2 Å². The van der Waals surface area contributed by atoms with Gasteiger partial charge in [0.2, 0.25) is 0 Å².